The summed E-state index contributed by atoms with van der Waals surface area (Å²) in [6.45, 7) is 8.35. The average molecular weight is 337 g/mol. The zero-order valence-corrected chi connectivity index (χ0v) is 14.9. The third-order valence-corrected chi connectivity index (χ3v) is 4.29. The van der Waals surface area contributed by atoms with Gasteiger partial charge in [-0.25, -0.2) is 9.97 Å². The molecule has 1 unspecified atom stereocenters. The molecule has 0 aliphatic rings. The van der Waals surface area contributed by atoms with Crippen LogP contribution >= 0.6 is 0 Å². The molecule has 6 heteroatoms. The van der Waals surface area contributed by atoms with Crippen LogP contribution in [-0.2, 0) is 0 Å². The lowest BCUT2D eigenvalue weighted by molar-refractivity contribution is 0.559. The summed E-state index contributed by atoms with van der Waals surface area (Å²) in [7, 11) is 0. The van der Waals surface area contributed by atoms with E-state index in [0.29, 0.717) is 22.9 Å². The molecule has 0 fully saturated rings. The number of aromatic nitrogens is 3. The first kappa shape index (κ1) is 17.0. The Bertz CT molecular complexity index is 948. The standard InChI is InChI=1S/C19H23N5O/c1-11(2)13(4)22-18-17-14(6-8-21-19(17)25)10-16(24-18)23-15-9-12(3)5-7-20-15/h5-11,13H,1-4H3,(H,21,25)(H2,20,22,23,24). The van der Waals surface area contributed by atoms with E-state index in [0.717, 1.165) is 16.8 Å². The Kier molecular flexibility index (Phi) is 4.70. The van der Waals surface area contributed by atoms with Crippen molar-refractivity contribution in [2.45, 2.75) is 33.7 Å². The minimum atomic E-state index is -0.149. The molecule has 0 bridgehead atoms. The summed E-state index contributed by atoms with van der Waals surface area (Å²) in [6, 6.07) is 7.81. The molecule has 0 aliphatic heterocycles. The second-order valence-corrected chi connectivity index (χ2v) is 6.65. The highest BCUT2D eigenvalue weighted by molar-refractivity contribution is 5.93. The number of anilines is 3. The maximum absolute atomic E-state index is 12.3. The van der Waals surface area contributed by atoms with Gasteiger partial charge in [0.2, 0.25) is 0 Å². The molecule has 3 aromatic heterocycles. The van der Waals surface area contributed by atoms with Crippen molar-refractivity contribution >= 4 is 28.2 Å². The Morgan fingerprint density at radius 3 is 2.64 bits per heavy atom. The lowest BCUT2D eigenvalue weighted by Gasteiger charge is -2.20. The Hall–Kier alpha value is -2.89. The van der Waals surface area contributed by atoms with E-state index >= 15 is 0 Å². The third kappa shape index (κ3) is 3.79. The van der Waals surface area contributed by atoms with Gasteiger partial charge in [-0.15, -0.1) is 0 Å². The molecule has 0 amide bonds. The van der Waals surface area contributed by atoms with Gasteiger partial charge in [0.25, 0.3) is 5.56 Å². The highest BCUT2D eigenvalue weighted by Crippen LogP contribution is 2.25. The predicted octanol–water partition coefficient (Wildman–Crippen LogP) is 3.83. The maximum atomic E-state index is 12.3. The van der Waals surface area contributed by atoms with Gasteiger partial charge in [-0.2, -0.15) is 0 Å². The zero-order chi connectivity index (χ0) is 18.0. The topological polar surface area (TPSA) is 82.7 Å². The van der Waals surface area contributed by atoms with E-state index in [1.54, 1.807) is 12.4 Å². The molecule has 1 atom stereocenters. The first-order valence-electron chi connectivity index (χ1n) is 8.42. The van der Waals surface area contributed by atoms with E-state index < -0.39 is 0 Å². The first-order valence-corrected chi connectivity index (χ1v) is 8.42. The number of hydrogen-bond acceptors (Lipinski definition) is 5. The number of nitrogens with one attached hydrogen (secondary N) is 3. The van der Waals surface area contributed by atoms with Gasteiger partial charge >= 0.3 is 0 Å². The minimum Gasteiger partial charge on any atom is -0.367 e. The van der Waals surface area contributed by atoms with Crippen LogP contribution in [0, 0.1) is 12.8 Å². The van der Waals surface area contributed by atoms with Gasteiger partial charge in [-0.1, -0.05) is 13.8 Å². The van der Waals surface area contributed by atoms with Crippen LogP contribution in [0.15, 0.2) is 41.5 Å². The zero-order valence-electron chi connectivity index (χ0n) is 14.9. The summed E-state index contributed by atoms with van der Waals surface area (Å²) in [6.07, 6.45) is 3.40. The second-order valence-electron chi connectivity index (χ2n) is 6.65. The van der Waals surface area contributed by atoms with Crippen LogP contribution in [0.2, 0.25) is 0 Å². The van der Waals surface area contributed by atoms with Crippen LogP contribution in [0.5, 0.6) is 0 Å². The lowest BCUT2D eigenvalue weighted by Crippen LogP contribution is -2.23. The lowest BCUT2D eigenvalue weighted by atomic mass is 10.1. The number of nitrogens with zero attached hydrogens (tertiary/aromatic N) is 2. The van der Waals surface area contributed by atoms with Crippen LogP contribution in [0.1, 0.15) is 26.3 Å². The van der Waals surface area contributed by atoms with Gasteiger partial charge in [-0.3, -0.25) is 4.79 Å². The average Bonchev–Trinajstić information content (AvgIpc) is 2.54. The van der Waals surface area contributed by atoms with Gasteiger partial charge in [0.05, 0.1) is 5.39 Å². The summed E-state index contributed by atoms with van der Waals surface area (Å²) in [4.78, 5) is 24.0. The first-order chi connectivity index (χ1) is 11.9. The van der Waals surface area contributed by atoms with E-state index in [9.17, 15) is 4.79 Å². The fraction of sp³-hybridized carbons (Fsp3) is 0.316. The number of fused-ring (bicyclic) bond motifs is 1. The van der Waals surface area contributed by atoms with E-state index in [-0.39, 0.29) is 11.6 Å². The molecule has 0 aliphatic carbocycles. The highest BCUT2D eigenvalue weighted by Gasteiger charge is 2.14. The molecule has 3 heterocycles. The van der Waals surface area contributed by atoms with Crippen molar-refractivity contribution in [2.75, 3.05) is 10.6 Å². The van der Waals surface area contributed by atoms with Crippen molar-refractivity contribution in [2.24, 2.45) is 5.92 Å². The summed E-state index contributed by atoms with van der Waals surface area (Å²) in [5, 5.41) is 7.99. The number of aromatic amines is 1. The van der Waals surface area contributed by atoms with Gasteiger partial charge in [0.1, 0.15) is 17.5 Å². The van der Waals surface area contributed by atoms with Gasteiger partial charge < -0.3 is 15.6 Å². The molecule has 25 heavy (non-hydrogen) atoms. The van der Waals surface area contributed by atoms with Crippen molar-refractivity contribution in [3.8, 4) is 0 Å². The number of H-pyrrole nitrogens is 1. The van der Waals surface area contributed by atoms with E-state index in [1.165, 1.54) is 0 Å². The Morgan fingerprint density at radius 2 is 1.92 bits per heavy atom. The van der Waals surface area contributed by atoms with Crippen LogP contribution in [0.3, 0.4) is 0 Å². The van der Waals surface area contributed by atoms with E-state index in [2.05, 4.69) is 46.4 Å². The molecule has 0 aromatic carbocycles. The predicted molar refractivity (Wildman–Crippen MR) is 103 cm³/mol. The molecule has 130 valence electrons. The summed E-state index contributed by atoms with van der Waals surface area (Å²) in [5.41, 5.74) is 0.963. The van der Waals surface area contributed by atoms with Crippen LogP contribution < -0.4 is 16.2 Å². The van der Waals surface area contributed by atoms with Gasteiger partial charge in [0, 0.05) is 18.4 Å². The van der Waals surface area contributed by atoms with E-state index in [1.807, 2.05) is 31.2 Å². The van der Waals surface area contributed by atoms with Gasteiger partial charge in [-0.05, 0) is 55.0 Å². The van der Waals surface area contributed by atoms with Gasteiger partial charge in [0.15, 0.2) is 0 Å². The van der Waals surface area contributed by atoms with Crippen LogP contribution in [-0.4, -0.2) is 21.0 Å². The second kappa shape index (κ2) is 6.93. The quantitative estimate of drug-likeness (QED) is 0.659. The van der Waals surface area contributed by atoms with E-state index in [4.69, 9.17) is 0 Å². The Labute approximate surface area is 146 Å². The molecule has 0 saturated carbocycles. The van der Waals surface area contributed by atoms with Crippen molar-refractivity contribution in [3.63, 3.8) is 0 Å². The molecular weight excluding hydrogens is 314 g/mol. The fourth-order valence-electron chi connectivity index (χ4n) is 2.50. The molecule has 6 nitrogen and oxygen atoms in total. The van der Waals surface area contributed by atoms with Crippen molar-refractivity contribution in [1.82, 2.24) is 15.0 Å². The largest absolute Gasteiger partial charge is 0.367 e. The number of aryl methyl sites for hydroxylation is 1. The highest BCUT2D eigenvalue weighted by atomic mass is 16.1. The third-order valence-electron chi connectivity index (χ3n) is 4.29. The fourth-order valence-corrected chi connectivity index (χ4v) is 2.50. The monoisotopic (exact) mass is 337 g/mol. The van der Waals surface area contributed by atoms with Crippen molar-refractivity contribution < 1.29 is 0 Å². The molecule has 0 saturated heterocycles. The normalized spacial score (nSPS) is 12.4. The molecule has 3 rings (SSSR count). The summed E-state index contributed by atoms with van der Waals surface area (Å²) in [5.74, 6) is 2.36. The summed E-state index contributed by atoms with van der Waals surface area (Å²) >= 11 is 0. The smallest absolute Gasteiger partial charge is 0.259 e. The Balaban J connectivity index is 2.07. The van der Waals surface area contributed by atoms with Crippen LogP contribution in [0.25, 0.3) is 10.8 Å². The van der Waals surface area contributed by atoms with Crippen LogP contribution in [0.4, 0.5) is 17.5 Å². The Morgan fingerprint density at radius 1 is 1.12 bits per heavy atom. The molecular formula is C19H23N5O. The maximum Gasteiger partial charge on any atom is 0.259 e. The molecule has 0 spiro atoms. The van der Waals surface area contributed by atoms with Crippen molar-refractivity contribution in [1.29, 1.82) is 0 Å². The molecule has 3 N–H and O–H groups in total. The summed E-state index contributed by atoms with van der Waals surface area (Å²) < 4.78 is 0. The SMILES string of the molecule is Cc1ccnc(Nc2cc3cc[nH]c(=O)c3c(NC(C)C(C)C)n2)c1. The number of pyridine rings is 3. The molecule has 3 aromatic rings. The molecule has 0 radical (unpaired) electrons. The number of rotatable bonds is 5. The number of hydrogen-bond donors (Lipinski definition) is 3. The minimum absolute atomic E-state index is 0.149. The van der Waals surface area contributed by atoms with Crippen molar-refractivity contribution in [3.05, 3.63) is 52.6 Å².